The van der Waals surface area contributed by atoms with E-state index in [0.717, 1.165) is 27.4 Å². The molecule has 1 aliphatic rings. The van der Waals surface area contributed by atoms with Crippen LogP contribution in [0.2, 0.25) is 0 Å². The fourth-order valence-corrected chi connectivity index (χ4v) is 5.19. The standard InChI is InChI=1S/C16H12BrF3N4O2S/c17-10-1-2-14(13(5-10)16(18,19)20)27(25,26)24-4-3-11-9(8-24)6-21-15-12(11)7-22-23-15/h1-2,5-7H,3-4,8H2,(H,21,22,23). The molecule has 0 saturated heterocycles. The first-order chi connectivity index (χ1) is 12.7. The Morgan fingerprint density at radius 3 is 2.74 bits per heavy atom. The van der Waals surface area contributed by atoms with E-state index in [2.05, 4.69) is 31.1 Å². The van der Waals surface area contributed by atoms with Gasteiger partial charge in [-0.1, -0.05) is 15.9 Å². The molecule has 1 N–H and O–H groups in total. The highest BCUT2D eigenvalue weighted by atomic mass is 79.9. The zero-order valence-electron chi connectivity index (χ0n) is 13.6. The summed E-state index contributed by atoms with van der Waals surface area (Å²) < 4.78 is 67.3. The number of benzene rings is 1. The lowest BCUT2D eigenvalue weighted by Gasteiger charge is -2.29. The molecule has 0 atom stereocenters. The minimum Gasteiger partial charge on any atom is -0.261 e. The number of pyridine rings is 1. The summed E-state index contributed by atoms with van der Waals surface area (Å²) in [4.78, 5) is 3.44. The van der Waals surface area contributed by atoms with Gasteiger partial charge in [0.15, 0.2) is 5.65 Å². The summed E-state index contributed by atoms with van der Waals surface area (Å²) in [7, 11) is -4.33. The molecule has 142 valence electrons. The molecule has 1 aliphatic heterocycles. The molecule has 3 aromatic rings. The van der Waals surface area contributed by atoms with E-state index >= 15 is 0 Å². The molecular weight excluding hydrogens is 449 g/mol. The number of nitrogens with one attached hydrogen (secondary N) is 1. The summed E-state index contributed by atoms with van der Waals surface area (Å²) in [5.41, 5.74) is 0.972. The predicted octanol–water partition coefficient (Wildman–Crippen LogP) is 3.49. The quantitative estimate of drug-likeness (QED) is 0.634. The van der Waals surface area contributed by atoms with Crippen molar-refractivity contribution in [2.24, 2.45) is 0 Å². The van der Waals surface area contributed by atoms with Gasteiger partial charge in [-0.25, -0.2) is 13.4 Å². The highest BCUT2D eigenvalue weighted by Crippen LogP contribution is 2.38. The molecule has 27 heavy (non-hydrogen) atoms. The van der Waals surface area contributed by atoms with Crippen molar-refractivity contribution in [2.45, 2.75) is 24.0 Å². The van der Waals surface area contributed by atoms with E-state index in [-0.39, 0.29) is 17.6 Å². The van der Waals surface area contributed by atoms with Gasteiger partial charge in [0.1, 0.15) is 0 Å². The third-order valence-corrected chi connectivity index (χ3v) is 6.90. The Balaban J connectivity index is 1.76. The first kappa shape index (κ1) is 18.4. The lowest BCUT2D eigenvalue weighted by Crippen LogP contribution is -2.37. The maximum atomic E-state index is 13.4. The summed E-state index contributed by atoms with van der Waals surface area (Å²) in [6, 6.07) is 3.05. The third-order valence-electron chi connectivity index (χ3n) is 4.50. The highest BCUT2D eigenvalue weighted by molar-refractivity contribution is 9.10. The highest BCUT2D eigenvalue weighted by Gasteiger charge is 2.40. The predicted molar refractivity (Wildman–Crippen MR) is 94.3 cm³/mol. The normalized spacial score (nSPS) is 15.9. The Bertz CT molecular complexity index is 1140. The Morgan fingerprint density at radius 1 is 1.22 bits per heavy atom. The third kappa shape index (κ3) is 3.13. The van der Waals surface area contributed by atoms with Crippen molar-refractivity contribution in [2.75, 3.05) is 6.54 Å². The van der Waals surface area contributed by atoms with E-state index < -0.39 is 26.7 Å². The molecule has 2 aromatic heterocycles. The maximum absolute atomic E-state index is 13.4. The molecule has 0 fully saturated rings. The van der Waals surface area contributed by atoms with Crippen LogP contribution in [0.4, 0.5) is 13.2 Å². The Kier molecular flexibility index (Phi) is 4.28. The number of alkyl halides is 3. The summed E-state index contributed by atoms with van der Waals surface area (Å²) >= 11 is 2.97. The summed E-state index contributed by atoms with van der Waals surface area (Å²) in [6.45, 7) is 0.0339. The molecule has 4 rings (SSSR count). The molecule has 0 spiro atoms. The van der Waals surface area contributed by atoms with Gasteiger partial charge in [0.05, 0.1) is 16.7 Å². The van der Waals surface area contributed by atoms with E-state index in [1.54, 1.807) is 6.20 Å². The second-order valence-corrected chi connectivity index (χ2v) is 8.94. The molecule has 6 nitrogen and oxygen atoms in total. The van der Waals surface area contributed by atoms with Gasteiger partial charge in [-0.2, -0.15) is 22.6 Å². The number of hydrogen-bond acceptors (Lipinski definition) is 4. The Labute approximate surface area is 160 Å². The molecule has 0 bridgehead atoms. The SMILES string of the molecule is O=S(=O)(c1ccc(Br)cc1C(F)(F)F)N1CCc2c(cnc3[nH]ncc23)C1. The van der Waals surface area contributed by atoms with E-state index in [1.807, 2.05) is 0 Å². The average molecular weight is 461 g/mol. The lowest BCUT2D eigenvalue weighted by atomic mass is 10.0. The summed E-state index contributed by atoms with van der Waals surface area (Å²) in [6.07, 6.45) is -1.28. The van der Waals surface area contributed by atoms with Crippen LogP contribution in [-0.2, 0) is 29.2 Å². The number of H-pyrrole nitrogens is 1. The minimum atomic E-state index is -4.79. The second-order valence-electron chi connectivity index (χ2n) is 6.12. The van der Waals surface area contributed by atoms with Crippen molar-refractivity contribution in [3.05, 3.63) is 51.8 Å². The van der Waals surface area contributed by atoms with E-state index in [1.165, 1.54) is 12.3 Å². The monoisotopic (exact) mass is 460 g/mol. The molecular formula is C16H12BrF3N4O2S. The van der Waals surface area contributed by atoms with Crippen LogP contribution in [0.3, 0.4) is 0 Å². The van der Waals surface area contributed by atoms with Crippen molar-refractivity contribution < 1.29 is 21.6 Å². The minimum absolute atomic E-state index is 0.0425. The van der Waals surface area contributed by atoms with E-state index in [4.69, 9.17) is 0 Å². The van der Waals surface area contributed by atoms with Gasteiger partial charge < -0.3 is 0 Å². The van der Waals surface area contributed by atoms with Crippen molar-refractivity contribution in [1.29, 1.82) is 0 Å². The van der Waals surface area contributed by atoms with Crippen molar-refractivity contribution >= 4 is 37.0 Å². The Hall–Kier alpha value is -1.98. The van der Waals surface area contributed by atoms with Crippen LogP contribution in [0.1, 0.15) is 16.7 Å². The molecule has 3 heterocycles. The topological polar surface area (TPSA) is 79.0 Å². The summed E-state index contributed by atoms with van der Waals surface area (Å²) in [5, 5.41) is 7.46. The van der Waals surface area contributed by atoms with Crippen LogP contribution in [0.25, 0.3) is 11.0 Å². The van der Waals surface area contributed by atoms with E-state index in [9.17, 15) is 21.6 Å². The number of aromatic amines is 1. The fraction of sp³-hybridized carbons (Fsp3) is 0.250. The number of hydrogen-bond donors (Lipinski definition) is 1. The van der Waals surface area contributed by atoms with Gasteiger partial charge in [-0.05, 0) is 35.7 Å². The lowest BCUT2D eigenvalue weighted by molar-refractivity contribution is -0.140. The average Bonchev–Trinajstić information content (AvgIpc) is 3.09. The first-order valence-electron chi connectivity index (χ1n) is 7.84. The number of rotatable bonds is 2. The summed E-state index contributed by atoms with van der Waals surface area (Å²) in [5.74, 6) is 0. The second kappa shape index (κ2) is 6.28. The zero-order chi connectivity index (χ0) is 19.4. The fourth-order valence-electron chi connectivity index (χ4n) is 3.22. The molecule has 1 aromatic carbocycles. The van der Waals surface area contributed by atoms with Crippen LogP contribution < -0.4 is 0 Å². The zero-order valence-corrected chi connectivity index (χ0v) is 16.0. The van der Waals surface area contributed by atoms with Crippen molar-refractivity contribution in [3.63, 3.8) is 0 Å². The number of nitrogens with zero attached hydrogens (tertiary/aromatic N) is 3. The van der Waals surface area contributed by atoms with Gasteiger partial charge in [-0.3, -0.25) is 5.10 Å². The largest absolute Gasteiger partial charge is 0.417 e. The van der Waals surface area contributed by atoms with Crippen LogP contribution in [0, 0.1) is 0 Å². The molecule has 0 radical (unpaired) electrons. The van der Waals surface area contributed by atoms with Crippen molar-refractivity contribution in [3.8, 4) is 0 Å². The van der Waals surface area contributed by atoms with Crippen LogP contribution in [0.5, 0.6) is 0 Å². The van der Waals surface area contributed by atoms with Gasteiger partial charge in [0.2, 0.25) is 10.0 Å². The van der Waals surface area contributed by atoms with Crippen LogP contribution in [-0.4, -0.2) is 34.4 Å². The van der Waals surface area contributed by atoms with Crippen LogP contribution >= 0.6 is 15.9 Å². The van der Waals surface area contributed by atoms with Gasteiger partial charge in [0, 0.05) is 29.1 Å². The molecule has 0 amide bonds. The smallest absolute Gasteiger partial charge is 0.261 e. The van der Waals surface area contributed by atoms with Gasteiger partial charge >= 0.3 is 6.18 Å². The number of halogens is 4. The molecule has 0 unspecified atom stereocenters. The first-order valence-corrected chi connectivity index (χ1v) is 10.1. The molecule has 11 heteroatoms. The Morgan fingerprint density at radius 2 is 2.00 bits per heavy atom. The molecule has 0 aliphatic carbocycles. The maximum Gasteiger partial charge on any atom is 0.417 e. The molecule has 0 saturated carbocycles. The number of aromatic nitrogens is 3. The van der Waals surface area contributed by atoms with E-state index in [0.29, 0.717) is 17.6 Å². The number of fused-ring (bicyclic) bond motifs is 3. The van der Waals surface area contributed by atoms with Gasteiger partial charge in [-0.15, -0.1) is 0 Å². The van der Waals surface area contributed by atoms with Gasteiger partial charge in [0.25, 0.3) is 0 Å². The van der Waals surface area contributed by atoms with Crippen LogP contribution in [0.15, 0.2) is 40.0 Å². The number of sulfonamides is 1. The van der Waals surface area contributed by atoms with Crippen molar-refractivity contribution in [1.82, 2.24) is 19.5 Å².